The summed E-state index contributed by atoms with van der Waals surface area (Å²) in [7, 11) is 0. The van der Waals surface area contributed by atoms with Crippen LogP contribution in [0.25, 0.3) is 0 Å². The fourth-order valence-corrected chi connectivity index (χ4v) is 0.942. The van der Waals surface area contributed by atoms with Gasteiger partial charge in [0.25, 0.3) is 0 Å². The van der Waals surface area contributed by atoms with E-state index < -0.39 is 0 Å². The first kappa shape index (κ1) is 7.79. The average Bonchev–Trinajstić information content (AvgIpc) is 1.93. The van der Waals surface area contributed by atoms with Crippen molar-refractivity contribution in [1.82, 2.24) is 0 Å². The Kier molecular flexibility index (Phi) is 2.26. The van der Waals surface area contributed by atoms with Gasteiger partial charge >= 0.3 is 0 Å². The van der Waals surface area contributed by atoms with Gasteiger partial charge < -0.3 is 0 Å². The van der Waals surface area contributed by atoms with Crippen LogP contribution in [0.2, 0.25) is 0 Å². The molecule has 0 radical (unpaired) electrons. The van der Waals surface area contributed by atoms with E-state index in [4.69, 9.17) is 11.1 Å². The molecule has 0 heterocycles. The zero-order valence-corrected chi connectivity index (χ0v) is 6.67. The molecule has 58 valence electrons. The molecule has 2 heteroatoms. The number of hydrogen-bond donors (Lipinski definition) is 2. The van der Waals surface area contributed by atoms with Crippen molar-refractivity contribution in [3.63, 3.8) is 0 Å². The Hall–Kier alpha value is -1.31. The van der Waals surface area contributed by atoms with Crippen molar-refractivity contribution in [2.45, 2.75) is 13.3 Å². The normalized spacial score (nSPS) is 9.55. The Morgan fingerprint density at radius 2 is 1.91 bits per heavy atom. The van der Waals surface area contributed by atoms with Crippen molar-refractivity contribution in [2.24, 2.45) is 5.73 Å². The van der Waals surface area contributed by atoms with Gasteiger partial charge in [0.2, 0.25) is 5.84 Å². The van der Waals surface area contributed by atoms with Crippen molar-refractivity contribution in [3.05, 3.63) is 35.4 Å². The van der Waals surface area contributed by atoms with Gasteiger partial charge in [-0.05, 0) is 12.5 Å². The van der Waals surface area contributed by atoms with Gasteiger partial charge in [-0.3, -0.25) is 11.1 Å². The number of amidine groups is 1. The van der Waals surface area contributed by atoms with Crippen LogP contribution in [0.5, 0.6) is 0 Å². The predicted octanol–water partition coefficient (Wildman–Crippen LogP) is -0.346. The second-order valence-corrected chi connectivity index (χ2v) is 2.74. The van der Waals surface area contributed by atoms with Gasteiger partial charge in [0.1, 0.15) is 0 Å². The Morgan fingerprint density at radius 1 is 1.36 bits per heavy atom. The van der Waals surface area contributed by atoms with Crippen LogP contribution in [-0.4, -0.2) is 5.84 Å². The quantitative estimate of drug-likeness (QED) is 0.438. The minimum Gasteiger partial charge on any atom is -0.291 e. The third-order valence-corrected chi connectivity index (χ3v) is 1.53. The van der Waals surface area contributed by atoms with E-state index in [9.17, 15) is 0 Å². The molecule has 0 aliphatic heterocycles. The van der Waals surface area contributed by atoms with E-state index in [1.54, 1.807) is 0 Å². The van der Waals surface area contributed by atoms with E-state index in [-0.39, 0.29) is 0 Å². The van der Waals surface area contributed by atoms with Gasteiger partial charge in [-0.25, -0.2) is 0 Å². The first-order chi connectivity index (χ1) is 5.18. The topological polar surface area (TPSA) is 51.6 Å². The third kappa shape index (κ3) is 2.42. The van der Waals surface area contributed by atoms with Crippen LogP contribution in [0.15, 0.2) is 24.3 Å². The maximum atomic E-state index is 5.36. The molecule has 1 rings (SSSR count). The van der Waals surface area contributed by atoms with Crippen molar-refractivity contribution in [3.8, 4) is 0 Å². The standard InChI is InChI=1S/C9H12N2/c1-7-2-4-8(5-3-7)6-9(10)11/h2-5H,6H2,1H3,(H3,10,11)/p+1. The van der Waals surface area contributed by atoms with Gasteiger partial charge in [-0.2, -0.15) is 0 Å². The molecule has 0 bridgehead atoms. The van der Waals surface area contributed by atoms with Crippen LogP contribution in [0.4, 0.5) is 0 Å². The number of nitrogens with two attached hydrogens (primary N) is 2. The molecule has 11 heavy (non-hydrogen) atoms. The van der Waals surface area contributed by atoms with Crippen LogP contribution < -0.4 is 11.1 Å². The molecule has 0 aromatic heterocycles. The van der Waals surface area contributed by atoms with Crippen molar-refractivity contribution in [1.29, 1.82) is 0 Å². The van der Waals surface area contributed by atoms with Crippen LogP contribution in [0.1, 0.15) is 11.1 Å². The summed E-state index contributed by atoms with van der Waals surface area (Å²) in [6, 6.07) is 8.18. The van der Waals surface area contributed by atoms with Gasteiger partial charge in [-0.15, -0.1) is 0 Å². The minimum atomic E-state index is 0.467. The highest BCUT2D eigenvalue weighted by atomic mass is 14.7. The van der Waals surface area contributed by atoms with Crippen LogP contribution in [0, 0.1) is 6.92 Å². The first-order valence-corrected chi connectivity index (χ1v) is 3.61. The van der Waals surface area contributed by atoms with E-state index >= 15 is 0 Å². The molecular weight excluding hydrogens is 136 g/mol. The second kappa shape index (κ2) is 3.19. The molecule has 0 saturated heterocycles. The lowest BCUT2D eigenvalue weighted by molar-refractivity contribution is -0.117. The zero-order chi connectivity index (χ0) is 8.27. The average molecular weight is 149 g/mol. The van der Waals surface area contributed by atoms with Gasteiger partial charge in [0, 0.05) is 0 Å². The third-order valence-electron chi connectivity index (χ3n) is 1.53. The maximum Gasteiger partial charge on any atom is 0.242 e. The summed E-state index contributed by atoms with van der Waals surface area (Å²) in [4.78, 5) is 0. The summed E-state index contributed by atoms with van der Waals surface area (Å²) in [6.45, 7) is 2.05. The fourth-order valence-electron chi connectivity index (χ4n) is 0.942. The Bertz CT molecular complexity index is 249. The Labute approximate surface area is 66.6 Å². The molecule has 0 atom stereocenters. The summed E-state index contributed by atoms with van der Waals surface area (Å²) >= 11 is 0. The molecule has 0 spiro atoms. The Morgan fingerprint density at radius 3 is 2.36 bits per heavy atom. The van der Waals surface area contributed by atoms with Crippen LogP contribution in [-0.2, 0) is 6.42 Å². The lowest BCUT2D eigenvalue weighted by atomic mass is 10.1. The smallest absolute Gasteiger partial charge is 0.242 e. The van der Waals surface area contributed by atoms with E-state index in [1.807, 2.05) is 12.1 Å². The molecule has 1 aromatic carbocycles. The SMILES string of the molecule is Cc1ccc(CC(N)=[NH2+])cc1. The highest BCUT2D eigenvalue weighted by Gasteiger charge is 1.97. The molecule has 0 saturated carbocycles. The predicted molar refractivity (Wildman–Crippen MR) is 46.0 cm³/mol. The van der Waals surface area contributed by atoms with Crippen molar-refractivity contribution in [2.75, 3.05) is 0 Å². The van der Waals surface area contributed by atoms with Crippen molar-refractivity contribution >= 4 is 5.84 Å². The molecule has 0 aliphatic carbocycles. The van der Waals surface area contributed by atoms with Gasteiger partial charge in [0.05, 0.1) is 6.42 Å². The highest BCUT2D eigenvalue weighted by Crippen LogP contribution is 2.02. The van der Waals surface area contributed by atoms with E-state index in [1.165, 1.54) is 5.56 Å². The molecule has 4 N–H and O–H groups in total. The van der Waals surface area contributed by atoms with E-state index in [2.05, 4.69) is 19.1 Å². The molecular formula is C9H13N2+. The zero-order valence-electron chi connectivity index (χ0n) is 6.67. The van der Waals surface area contributed by atoms with Gasteiger partial charge in [0.15, 0.2) is 0 Å². The number of hydrogen-bond acceptors (Lipinski definition) is 0. The van der Waals surface area contributed by atoms with Crippen molar-refractivity contribution < 1.29 is 5.41 Å². The summed E-state index contributed by atoms with van der Waals surface area (Å²) in [6.07, 6.45) is 0.667. The molecule has 1 aromatic rings. The number of aryl methyl sites for hydroxylation is 1. The van der Waals surface area contributed by atoms with Crippen LogP contribution in [0.3, 0.4) is 0 Å². The number of rotatable bonds is 2. The molecule has 0 fully saturated rings. The molecule has 0 unspecified atom stereocenters. The molecule has 0 aliphatic rings. The molecule has 0 amide bonds. The van der Waals surface area contributed by atoms with E-state index in [0.29, 0.717) is 12.3 Å². The van der Waals surface area contributed by atoms with E-state index in [0.717, 1.165) is 5.56 Å². The second-order valence-electron chi connectivity index (χ2n) is 2.74. The van der Waals surface area contributed by atoms with Gasteiger partial charge in [-0.1, -0.05) is 29.8 Å². The lowest BCUT2D eigenvalue weighted by Gasteiger charge is -1.96. The summed E-state index contributed by atoms with van der Waals surface area (Å²) in [5.74, 6) is 0.467. The summed E-state index contributed by atoms with van der Waals surface area (Å²) in [5, 5.41) is 5.36. The minimum absolute atomic E-state index is 0.467. The molecule has 2 nitrogen and oxygen atoms in total. The fraction of sp³-hybridized carbons (Fsp3) is 0.222. The number of benzene rings is 1. The summed E-state index contributed by atoms with van der Waals surface area (Å²) < 4.78 is 0. The largest absolute Gasteiger partial charge is 0.291 e. The maximum absolute atomic E-state index is 5.36. The lowest BCUT2D eigenvalue weighted by Crippen LogP contribution is -2.46. The first-order valence-electron chi connectivity index (χ1n) is 3.61. The summed E-state index contributed by atoms with van der Waals surface area (Å²) in [5.41, 5.74) is 7.77. The van der Waals surface area contributed by atoms with Crippen LogP contribution >= 0.6 is 0 Å². The highest BCUT2D eigenvalue weighted by molar-refractivity contribution is 5.76. The monoisotopic (exact) mass is 149 g/mol. The Balaban J connectivity index is 2.74.